The Balaban J connectivity index is 2.31. The maximum absolute atomic E-state index is 14.0. The SMILES string of the molecule is CS(=O)(=O)Oc1cc(F)c(C2CCCCC2)c(F)c1. The monoisotopic (exact) mass is 290 g/mol. The molecule has 106 valence electrons. The van der Waals surface area contributed by atoms with Gasteiger partial charge in [0.1, 0.15) is 17.4 Å². The molecule has 0 bridgehead atoms. The Morgan fingerprint density at radius 3 is 2.11 bits per heavy atom. The molecule has 1 aromatic carbocycles. The van der Waals surface area contributed by atoms with Crippen molar-refractivity contribution in [2.45, 2.75) is 38.0 Å². The van der Waals surface area contributed by atoms with Gasteiger partial charge >= 0.3 is 10.1 Å². The van der Waals surface area contributed by atoms with Gasteiger partial charge in [-0.05, 0) is 18.8 Å². The molecule has 0 spiro atoms. The number of hydrogen-bond acceptors (Lipinski definition) is 3. The van der Waals surface area contributed by atoms with Crippen molar-refractivity contribution in [1.82, 2.24) is 0 Å². The molecule has 0 unspecified atom stereocenters. The van der Waals surface area contributed by atoms with Crippen molar-refractivity contribution in [2.75, 3.05) is 6.26 Å². The minimum absolute atomic E-state index is 0.0561. The Bertz CT molecular complexity index is 540. The maximum Gasteiger partial charge on any atom is 0.306 e. The van der Waals surface area contributed by atoms with E-state index in [-0.39, 0.29) is 17.2 Å². The molecule has 6 heteroatoms. The molecule has 2 rings (SSSR count). The number of hydrogen-bond donors (Lipinski definition) is 0. The number of benzene rings is 1. The van der Waals surface area contributed by atoms with Gasteiger partial charge in [-0.3, -0.25) is 0 Å². The molecule has 0 heterocycles. The topological polar surface area (TPSA) is 43.4 Å². The van der Waals surface area contributed by atoms with E-state index in [1.165, 1.54) is 0 Å². The Morgan fingerprint density at radius 2 is 1.63 bits per heavy atom. The zero-order chi connectivity index (χ0) is 14.0. The smallest absolute Gasteiger partial charge is 0.306 e. The summed E-state index contributed by atoms with van der Waals surface area (Å²) in [5.74, 6) is -1.91. The van der Waals surface area contributed by atoms with Gasteiger partial charge in [0.05, 0.1) is 6.26 Å². The van der Waals surface area contributed by atoms with Crippen LogP contribution in [0.15, 0.2) is 12.1 Å². The first-order valence-electron chi connectivity index (χ1n) is 6.25. The molecule has 0 atom stereocenters. The summed E-state index contributed by atoms with van der Waals surface area (Å²) in [6.07, 6.45) is 5.38. The Hall–Kier alpha value is -1.17. The molecule has 3 nitrogen and oxygen atoms in total. The van der Waals surface area contributed by atoms with E-state index in [0.717, 1.165) is 50.5 Å². The third kappa shape index (κ3) is 3.65. The van der Waals surface area contributed by atoms with Gasteiger partial charge in [0.15, 0.2) is 0 Å². The van der Waals surface area contributed by atoms with E-state index in [4.69, 9.17) is 0 Å². The minimum atomic E-state index is -3.78. The van der Waals surface area contributed by atoms with Gasteiger partial charge in [-0.15, -0.1) is 0 Å². The lowest BCUT2D eigenvalue weighted by molar-refractivity contribution is 0.410. The van der Waals surface area contributed by atoms with E-state index in [2.05, 4.69) is 4.18 Å². The fourth-order valence-electron chi connectivity index (χ4n) is 2.57. The van der Waals surface area contributed by atoms with Crippen molar-refractivity contribution in [3.8, 4) is 5.75 Å². The first-order valence-corrected chi connectivity index (χ1v) is 8.07. The first-order chi connectivity index (χ1) is 8.87. The average Bonchev–Trinajstić information content (AvgIpc) is 2.27. The molecule has 1 aliphatic rings. The van der Waals surface area contributed by atoms with Crippen LogP contribution in [0.4, 0.5) is 8.78 Å². The fraction of sp³-hybridized carbons (Fsp3) is 0.538. The molecule has 0 saturated heterocycles. The van der Waals surface area contributed by atoms with E-state index in [1.807, 2.05) is 0 Å². The Morgan fingerprint density at radius 1 is 1.11 bits per heavy atom. The van der Waals surface area contributed by atoms with Crippen LogP contribution in [0, 0.1) is 11.6 Å². The summed E-state index contributed by atoms with van der Waals surface area (Å²) in [6.45, 7) is 0. The molecular weight excluding hydrogens is 274 g/mol. The summed E-state index contributed by atoms with van der Waals surface area (Å²) in [6, 6.07) is 1.88. The van der Waals surface area contributed by atoms with E-state index in [0.29, 0.717) is 0 Å². The molecule has 1 aliphatic carbocycles. The van der Waals surface area contributed by atoms with Gasteiger partial charge in [-0.25, -0.2) is 8.78 Å². The van der Waals surface area contributed by atoms with E-state index in [1.54, 1.807) is 0 Å². The molecular formula is C13H16F2O3S. The molecule has 0 aliphatic heterocycles. The molecule has 1 aromatic rings. The normalized spacial score (nSPS) is 17.4. The van der Waals surface area contributed by atoms with Crippen LogP contribution >= 0.6 is 0 Å². The molecule has 0 N–H and O–H groups in total. The summed E-state index contributed by atoms with van der Waals surface area (Å²) in [5, 5.41) is 0. The fourth-order valence-corrected chi connectivity index (χ4v) is 3.01. The quantitative estimate of drug-likeness (QED) is 0.802. The summed E-state index contributed by atoms with van der Waals surface area (Å²) >= 11 is 0. The van der Waals surface area contributed by atoms with Crippen molar-refractivity contribution in [3.05, 3.63) is 29.3 Å². The highest BCUT2D eigenvalue weighted by Crippen LogP contribution is 2.36. The van der Waals surface area contributed by atoms with Crippen LogP contribution in [0.5, 0.6) is 5.75 Å². The zero-order valence-corrected chi connectivity index (χ0v) is 11.5. The molecule has 0 radical (unpaired) electrons. The zero-order valence-electron chi connectivity index (χ0n) is 10.7. The lowest BCUT2D eigenvalue weighted by Crippen LogP contribution is -2.11. The van der Waals surface area contributed by atoms with Crippen LogP contribution in [0.25, 0.3) is 0 Å². The number of halogens is 2. The molecule has 1 saturated carbocycles. The maximum atomic E-state index is 14.0. The van der Waals surface area contributed by atoms with Crippen LogP contribution in [0.1, 0.15) is 43.6 Å². The Kier molecular flexibility index (Phi) is 4.08. The lowest BCUT2D eigenvalue weighted by Gasteiger charge is -2.23. The lowest BCUT2D eigenvalue weighted by atomic mass is 9.83. The second-order valence-electron chi connectivity index (χ2n) is 4.92. The summed E-state index contributed by atoms with van der Waals surface area (Å²) < 4.78 is 54.3. The minimum Gasteiger partial charge on any atom is -0.382 e. The standard InChI is InChI=1S/C13H16F2O3S/c1-19(16,17)18-10-7-11(14)13(12(15)8-10)9-5-3-2-4-6-9/h7-9H,2-6H2,1H3. The van der Waals surface area contributed by atoms with Gasteiger partial charge in [0, 0.05) is 17.7 Å². The Labute approximate surface area is 111 Å². The molecule has 0 amide bonds. The van der Waals surface area contributed by atoms with Crippen molar-refractivity contribution in [1.29, 1.82) is 0 Å². The van der Waals surface area contributed by atoms with Crippen LogP contribution in [-0.4, -0.2) is 14.7 Å². The van der Waals surface area contributed by atoms with E-state index < -0.39 is 21.8 Å². The largest absolute Gasteiger partial charge is 0.382 e. The third-order valence-corrected chi connectivity index (χ3v) is 3.81. The van der Waals surface area contributed by atoms with Gasteiger partial charge < -0.3 is 4.18 Å². The molecule has 0 aromatic heterocycles. The third-order valence-electron chi connectivity index (χ3n) is 3.31. The van der Waals surface area contributed by atoms with Crippen LogP contribution in [0.3, 0.4) is 0 Å². The highest BCUT2D eigenvalue weighted by molar-refractivity contribution is 7.86. The summed E-state index contributed by atoms with van der Waals surface area (Å²) in [7, 11) is -3.78. The summed E-state index contributed by atoms with van der Waals surface area (Å²) in [4.78, 5) is 0. The molecule has 1 fully saturated rings. The average molecular weight is 290 g/mol. The highest BCUT2D eigenvalue weighted by atomic mass is 32.2. The predicted molar refractivity (Wildman–Crippen MR) is 67.7 cm³/mol. The second-order valence-corrected chi connectivity index (χ2v) is 6.50. The first kappa shape index (κ1) is 14.2. The van der Waals surface area contributed by atoms with E-state index in [9.17, 15) is 17.2 Å². The summed E-state index contributed by atoms with van der Waals surface area (Å²) in [5.41, 5.74) is 0.0561. The predicted octanol–water partition coefficient (Wildman–Crippen LogP) is 3.35. The van der Waals surface area contributed by atoms with Crippen molar-refractivity contribution in [2.24, 2.45) is 0 Å². The van der Waals surface area contributed by atoms with E-state index >= 15 is 0 Å². The van der Waals surface area contributed by atoms with Crippen LogP contribution in [0.2, 0.25) is 0 Å². The number of rotatable bonds is 3. The van der Waals surface area contributed by atoms with Gasteiger partial charge in [-0.2, -0.15) is 8.42 Å². The van der Waals surface area contributed by atoms with Gasteiger partial charge in [0.2, 0.25) is 0 Å². The van der Waals surface area contributed by atoms with Crippen molar-refractivity contribution < 1.29 is 21.4 Å². The van der Waals surface area contributed by atoms with Crippen LogP contribution in [-0.2, 0) is 10.1 Å². The van der Waals surface area contributed by atoms with Crippen LogP contribution < -0.4 is 4.18 Å². The highest BCUT2D eigenvalue weighted by Gasteiger charge is 2.24. The van der Waals surface area contributed by atoms with Gasteiger partial charge in [0.25, 0.3) is 0 Å². The van der Waals surface area contributed by atoms with Crippen molar-refractivity contribution >= 4 is 10.1 Å². The van der Waals surface area contributed by atoms with Crippen molar-refractivity contribution in [3.63, 3.8) is 0 Å². The molecule has 19 heavy (non-hydrogen) atoms. The van der Waals surface area contributed by atoms with Gasteiger partial charge in [-0.1, -0.05) is 19.3 Å². The second kappa shape index (κ2) is 5.45.